The molecule has 2 aromatic heterocycles. The SMILES string of the molecule is C[N+]1(CCCOc2ccccc2)[C@@H]2CC[C@H]1CC(OC(=O)N(Cc1ccsc1)c1ccsc1)C2. The summed E-state index contributed by atoms with van der Waals surface area (Å²) < 4.78 is 13.2. The smallest absolute Gasteiger partial charge is 0.414 e. The summed E-state index contributed by atoms with van der Waals surface area (Å²) in [6, 6.07) is 15.2. The fraction of sp³-hybridized carbons (Fsp3) is 0.444. The zero-order valence-corrected chi connectivity index (χ0v) is 21.3. The zero-order chi connectivity index (χ0) is 23.4. The summed E-state index contributed by atoms with van der Waals surface area (Å²) in [4.78, 5) is 15.0. The molecule has 7 heteroatoms. The molecule has 2 unspecified atom stereocenters. The summed E-state index contributed by atoms with van der Waals surface area (Å²) in [7, 11) is 2.40. The van der Waals surface area contributed by atoms with Gasteiger partial charge in [0.15, 0.2) is 0 Å². The van der Waals surface area contributed by atoms with Crippen molar-refractivity contribution in [2.75, 3.05) is 25.1 Å². The first kappa shape index (κ1) is 23.4. The average Bonchev–Trinajstić information content (AvgIpc) is 3.58. The van der Waals surface area contributed by atoms with E-state index in [1.54, 1.807) is 27.6 Å². The molecule has 180 valence electrons. The number of quaternary nitrogens is 1. The molecule has 5 rings (SSSR count). The lowest BCUT2D eigenvalue weighted by atomic mass is 9.96. The highest BCUT2D eigenvalue weighted by Gasteiger charge is 2.52. The number of anilines is 1. The van der Waals surface area contributed by atoms with Crippen LogP contribution in [0.5, 0.6) is 5.75 Å². The predicted octanol–water partition coefficient (Wildman–Crippen LogP) is 6.56. The molecule has 0 radical (unpaired) electrons. The van der Waals surface area contributed by atoms with Crippen LogP contribution in [0.15, 0.2) is 64.0 Å². The molecular formula is C27H33N2O3S2+. The number of fused-ring (bicyclic) bond motifs is 2. The molecular weight excluding hydrogens is 464 g/mol. The maximum atomic E-state index is 13.3. The van der Waals surface area contributed by atoms with Gasteiger partial charge in [0, 0.05) is 37.5 Å². The monoisotopic (exact) mass is 497 g/mol. The Morgan fingerprint density at radius 2 is 1.76 bits per heavy atom. The van der Waals surface area contributed by atoms with Gasteiger partial charge in [-0.15, -0.1) is 0 Å². The van der Waals surface area contributed by atoms with Crippen LogP contribution in [-0.4, -0.2) is 49.0 Å². The summed E-state index contributed by atoms with van der Waals surface area (Å²) in [5.41, 5.74) is 2.05. The third-order valence-electron chi connectivity index (χ3n) is 7.59. The largest absolute Gasteiger partial charge is 0.493 e. The summed E-state index contributed by atoms with van der Waals surface area (Å²) >= 11 is 3.26. The summed E-state index contributed by atoms with van der Waals surface area (Å²) in [6.07, 6.45) is 5.16. The maximum Gasteiger partial charge on any atom is 0.414 e. The number of carbonyl (C=O) groups is 1. The quantitative estimate of drug-likeness (QED) is 0.248. The molecule has 1 aromatic carbocycles. The molecule has 2 bridgehead atoms. The fourth-order valence-corrected chi connectivity index (χ4v) is 7.01. The summed E-state index contributed by atoms with van der Waals surface area (Å²) in [5, 5.41) is 8.17. The van der Waals surface area contributed by atoms with Crippen LogP contribution in [0.4, 0.5) is 10.5 Å². The lowest BCUT2D eigenvalue weighted by molar-refractivity contribution is -0.949. The van der Waals surface area contributed by atoms with Crippen molar-refractivity contribution in [2.45, 2.75) is 56.8 Å². The van der Waals surface area contributed by atoms with Gasteiger partial charge in [0.2, 0.25) is 0 Å². The third kappa shape index (κ3) is 5.16. The molecule has 3 aromatic rings. The highest BCUT2D eigenvalue weighted by atomic mass is 32.1. The van der Waals surface area contributed by atoms with E-state index >= 15 is 0 Å². The van der Waals surface area contributed by atoms with Gasteiger partial charge in [0.05, 0.1) is 44.5 Å². The normalized spacial score (nSPS) is 25.7. The van der Waals surface area contributed by atoms with Crippen molar-refractivity contribution < 1.29 is 18.8 Å². The molecule has 0 spiro atoms. The minimum Gasteiger partial charge on any atom is -0.493 e. The second-order valence-corrected chi connectivity index (χ2v) is 11.2. The van der Waals surface area contributed by atoms with E-state index in [9.17, 15) is 4.79 Å². The van der Waals surface area contributed by atoms with Gasteiger partial charge in [0.1, 0.15) is 11.9 Å². The van der Waals surface area contributed by atoms with Crippen molar-refractivity contribution in [3.8, 4) is 5.75 Å². The topological polar surface area (TPSA) is 38.8 Å². The molecule has 34 heavy (non-hydrogen) atoms. The minimum atomic E-state index is -0.221. The Bertz CT molecular complexity index is 1030. The number of hydrogen-bond acceptors (Lipinski definition) is 5. The Hall–Kier alpha value is -2.35. The first-order valence-electron chi connectivity index (χ1n) is 12.2. The van der Waals surface area contributed by atoms with E-state index < -0.39 is 0 Å². The van der Waals surface area contributed by atoms with E-state index in [1.165, 1.54) is 12.8 Å². The van der Waals surface area contributed by atoms with E-state index in [2.05, 4.69) is 23.9 Å². The van der Waals surface area contributed by atoms with Crippen LogP contribution in [0.3, 0.4) is 0 Å². The number of ether oxygens (including phenoxy) is 2. The summed E-state index contributed by atoms with van der Waals surface area (Å²) in [6.45, 7) is 2.41. The Labute approximate surface area is 210 Å². The third-order valence-corrected chi connectivity index (χ3v) is 9.00. The highest BCUT2D eigenvalue weighted by molar-refractivity contribution is 7.08. The van der Waals surface area contributed by atoms with E-state index in [0.29, 0.717) is 18.6 Å². The van der Waals surface area contributed by atoms with E-state index in [1.807, 2.05) is 47.2 Å². The summed E-state index contributed by atoms with van der Waals surface area (Å²) in [5.74, 6) is 0.941. The van der Waals surface area contributed by atoms with Gasteiger partial charge in [-0.1, -0.05) is 18.2 Å². The van der Waals surface area contributed by atoms with Crippen LogP contribution in [-0.2, 0) is 11.3 Å². The van der Waals surface area contributed by atoms with Gasteiger partial charge in [0.25, 0.3) is 0 Å². The average molecular weight is 498 g/mol. The van der Waals surface area contributed by atoms with Gasteiger partial charge in [-0.05, 0) is 46.0 Å². The molecule has 0 N–H and O–H groups in total. The van der Waals surface area contributed by atoms with Crippen molar-refractivity contribution >= 4 is 34.5 Å². The lowest BCUT2D eigenvalue weighted by Gasteiger charge is -2.47. The van der Waals surface area contributed by atoms with Crippen molar-refractivity contribution in [3.63, 3.8) is 0 Å². The van der Waals surface area contributed by atoms with Crippen LogP contribution in [0, 0.1) is 0 Å². The number of carbonyl (C=O) groups excluding carboxylic acids is 1. The predicted molar refractivity (Wildman–Crippen MR) is 139 cm³/mol. The van der Waals surface area contributed by atoms with E-state index in [4.69, 9.17) is 9.47 Å². The molecule has 0 saturated carbocycles. The second kappa shape index (κ2) is 10.5. The molecule has 4 heterocycles. The van der Waals surface area contributed by atoms with Gasteiger partial charge < -0.3 is 14.0 Å². The van der Waals surface area contributed by atoms with E-state index in [0.717, 1.165) is 53.9 Å². The van der Waals surface area contributed by atoms with Crippen molar-refractivity contribution in [2.24, 2.45) is 0 Å². The molecule has 5 nitrogen and oxygen atoms in total. The Balaban J connectivity index is 1.16. The van der Waals surface area contributed by atoms with E-state index in [-0.39, 0.29) is 12.2 Å². The highest BCUT2D eigenvalue weighted by Crippen LogP contribution is 2.42. The molecule has 0 aliphatic carbocycles. The number of piperidine rings is 1. The van der Waals surface area contributed by atoms with Gasteiger partial charge in [-0.25, -0.2) is 4.79 Å². The zero-order valence-electron chi connectivity index (χ0n) is 19.7. The molecule has 2 saturated heterocycles. The van der Waals surface area contributed by atoms with Crippen LogP contribution >= 0.6 is 22.7 Å². The number of nitrogens with zero attached hydrogens (tertiary/aromatic N) is 2. The van der Waals surface area contributed by atoms with Crippen LogP contribution < -0.4 is 9.64 Å². The first-order valence-corrected chi connectivity index (χ1v) is 14.0. The number of thiophene rings is 2. The van der Waals surface area contributed by atoms with Gasteiger partial charge >= 0.3 is 6.09 Å². The molecule has 2 fully saturated rings. The molecule has 2 aliphatic rings. The second-order valence-electron chi connectivity index (χ2n) is 9.65. The number of benzene rings is 1. The Morgan fingerprint density at radius 1 is 1.03 bits per heavy atom. The maximum absolute atomic E-state index is 13.3. The van der Waals surface area contributed by atoms with Crippen LogP contribution in [0.2, 0.25) is 0 Å². The van der Waals surface area contributed by atoms with Crippen LogP contribution in [0.25, 0.3) is 0 Å². The lowest BCUT2D eigenvalue weighted by Crippen LogP contribution is -2.59. The fourth-order valence-electron chi connectivity index (χ4n) is 5.71. The Kier molecular flexibility index (Phi) is 7.23. The number of rotatable bonds is 9. The minimum absolute atomic E-state index is 0.000351. The van der Waals surface area contributed by atoms with Gasteiger partial charge in [-0.3, -0.25) is 4.90 Å². The van der Waals surface area contributed by atoms with Crippen LogP contribution in [0.1, 0.15) is 37.7 Å². The standard InChI is InChI=1S/C27H33N2O3S2/c1-29(12-5-13-31-25-6-3-2-4-7-25)23-8-9-24(29)17-26(16-23)32-27(30)28(22-11-15-34-20-22)18-21-10-14-33-19-21/h2-4,6-7,10-11,14-15,19-20,23-24,26H,5,8-9,12-13,16-18H2,1H3/q+1/t23-,24+,26?,29?. The number of hydrogen-bond donors (Lipinski definition) is 0. The van der Waals surface area contributed by atoms with Crippen molar-refractivity contribution in [1.29, 1.82) is 0 Å². The van der Waals surface area contributed by atoms with Crippen molar-refractivity contribution in [3.05, 3.63) is 69.5 Å². The molecule has 4 atom stereocenters. The van der Waals surface area contributed by atoms with Gasteiger partial charge in [-0.2, -0.15) is 22.7 Å². The Morgan fingerprint density at radius 3 is 2.44 bits per heavy atom. The molecule has 2 aliphatic heterocycles. The number of amides is 1. The number of para-hydroxylation sites is 1. The van der Waals surface area contributed by atoms with Crippen molar-refractivity contribution in [1.82, 2.24) is 0 Å². The first-order chi connectivity index (χ1) is 16.6. The molecule has 1 amide bonds.